The quantitative estimate of drug-likeness (QED) is 0.423. The van der Waals surface area contributed by atoms with Crippen molar-refractivity contribution in [3.8, 4) is 0 Å². The number of hydrogen-bond acceptors (Lipinski definition) is 5. The van der Waals surface area contributed by atoms with E-state index in [1.807, 2.05) is 0 Å². The van der Waals surface area contributed by atoms with E-state index < -0.39 is 11.4 Å². The summed E-state index contributed by atoms with van der Waals surface area (Å²) in [5.74, 6) is -0.717. The van der Waals surface area contributed by atoms with Gasteiger partial charge in [0.1, 0.15) is 0 Å². The molecule has 0 amide bonds. The van der Waals surface area contributed by atoms with E-state index in [4.69, 9.17) is 9.47 Å². The molecule has 0 saturated carbocycles. The molecule has 0 N–H and O–H groups in total. The van der Waals surface area contributed by atoms with Crippen LogP contribution in [0.5, 0.6) is 0 Å². The largest absolute Gasteiger partial charge is 0.465 e. The van der Waals surface area contributed by atoms with Crippen molar-refractivity contribution >= 4 is 17.7 Å². The van der Waals surface area contributed by atoms with Crippen LogP contribution in [0.2, 0.25) is 0 Å². The average Bonchev–Trinajstić information content (AvgIpc) is 2.51. The van der Waals surface area contributed by atoms with Crippen molar-refractivity contribution in [1.29, 1.82) is 0 Å². The van der Waals surface area contributed by atoms with Crippen molar-refractivity contribution in [3.05, 3.63) is 34.9 Å². The van der Waals surface area contributed by atoms with Gasteiger partial charge < -0.3 is 9.47 Å². The molecule has 1 rings (SSSR count). The summed E-state index contributed by atoms with van der Waals surface area (Å²) in [4.78, 5) is 35.9. The second-order valence-electron chi connectivity index (χ2n) is 5.99. The summed E-state index contributed by atoms with van der Waals surface area (Å²) in [6.45, 7) is 9.38. The van der Waals surface area contributed by atoms with Crippen LogP contribution < -0.4 is 0 Å². The number of rotatable bonds is 6. The summed E-state index contributed by atoms with van der Waals surface area (Å²) in [7, 11) is 0. The lowest BCUT2D eigenvalue weighted by molar-refractivity contribution is -0.152. The predicted molar refractivity (Wildman–Crippen MR) is 91.2 cm³/mol. The average molecular weight is 334 g/mol. The fourth-order valence-corrected chi connectivity index (χ4v) is 2.69. The number of carbonyl (C=O) groups excluding carboxylic acids is 3. The molecule has 0 saturated heterocycles. The number of hydrogen-bond donors (Lipinski definition) is 0. The zero-order valence-corrected chi connectivity index (χ0v) is 15.1. The third-order valence-electron chi connectivity index (χ3n) is 4.14. The van der Waals surface area contributed by atoms with Gasteiger partial charge in [-0.3, -0.25) is 9.59 Å². The summed E-state index contributed by atoms with van der Waals surface area (Å²) >= 11 is 0. The van der Waals surface area contributed by atoms with E-state index in [9.17, 15) is 14.4 Å². The van der Waals surface area contributed by atoms with E-state index in [0.717, 1.165) is 0 Å². The second-order valence-corrected chi connectivity index (χ2v) is 5.99. The zero-order chi connectivity index (χ0) is 18.3. The predicted octanol–water partition coefficient (Wildman–Crippen LogP) is 3.30. The fourth-order valence-electron chi connectivity index (χ4n) is 2.69. The number of ether oxygens (including phenoxy) is 2. The van der Waals surface area contributed by atoms with Gasteiger partial charge >= 0.3 is 11.9 Å². The van der Waals surface area contributed by atoms with Gasteiger partial charge in [-0.1, -0.05) is 12.2 Å². The Bertz CT molecular complexity index is 609. The third-order valence-corrected chi connectivity index (χ3v) is 4.14. The van der Waals surface area contributed by atoms with E-state index in [1.54, 1.807) is 46.8 Å². The highest BCUT2D eigenvalue weighted by atomic mass is 16.5. The summed E-state index contributed by atoms with van der Waals surface area (Å²) in [5.41, 5.74) is 1.04. The lowest BCUT2D eigenvalue weighted by Gasteiger charge is -2.33. The molecule has 1 aliphatic rings. The van der Waals surface area contributed by atoms with Crippen molar-refractivity contribution < 1.29 is 23.9 Å². The first-order chi connectivity index (χ1) is 11.3. The van der Waals surface area contributed by atoms with Gasteiger partial charge in [0, 0.05) is 12.5 Å². The van der Waals surface area contributed by atoms with Crippen molar-refractivity contribution in [3.63, 3.8) is 0 Å². The maximum atomic E-state index is 12.4. The lowest BCUT2D eigenvalue weighted by Crippen LogP contribution is -2.36. The molecular weight excluding hydrogens is 308 g/mol. The standard InChI is InChI=1S/C19H26O5/c1-6-23-17(21)12-13(3)8-9-15-14(4)16(20)10-11-19(15,5)18(22)24-7-2/h8-9,12H,6-7,10-11H2,1-5H3/b9-8+,13-12-. The monoisotopic (exact) mass is 334 g/mol. The van der Waals surface area contributed by atoms with Crippen LogP contribution >= 0.6 is 0 Å². The van der Waals surface area contributed by atoms with Gasteiger partial charge in [-0.15, -0.1) is 0 Å². The topological polar surface area (TPSA) is 69.7 Å². The molecule has 0 radical (unpaired) electrons. The van der Waals surface area contributed by atoms with Crippen molar-refractivity contribution in [2.45, 2.75) is 47.5 Å². The van der Waals surface area contributed by atoms with Gasteiger partial charge in [-0.25, -0.2) is 4.79 Å². The molecule has 132 valence electrons. The first kappa shape index (κ1) is 19.9. The van der Waals surface area contributed by atoms with Crippen LogP contribution in [-0.2, 0) is 23.9 Å². The normalized spacial score (nSPS) is 22.0. The summed E-state index contributed by atoms with van der Waals surface area (Å²) in [6.07, 6.45) is 5.57. The first-order valence-electron chi connectivity index (χ1n) is 8.21. The summed E-state index contributed by atoms with van der Waals surface area (Å²) in [6, 6.07) is 0. The molecule has 1 aliphatic carbocycles. The van der Waals surface area contributed by atoms with Gasteiger partial charge in [0.05, 0.1) is 18.6 Å². The molecule has 0 aromatic rings. The molecule has 0 fully saturated rings. The van der Waals surface area contributed by atoms with Crippen LogP contribution in [0, 0.1) is 5.41 Å². The molecule has 0 aromatic carbocycles. The minimum atomic E-state index is -0.852. The van der Waals surface area contributed by atoms with E-state index in [1.165, 1.54) is 6.08 Å². The van der Waals surface area contributed by atoms with E-state index in [0.29, 0.717) is 42.8 Å². The number of allylic oxidation sites excluding steroid dienone is 4. The zero-order valence-electron chi connectivity index (χ0n) is 15.1. The van der Waals surface area contributed by atoms with Crippen molar-refractivity contribution in [1.82, 2.24) is 0 Å². The Morgan fingerprint density at radius 3 is 2.42 bits per heavy atom. The number of Topliss-reactive ketones (excluding diaryl/α,β-unsaturated/α-hetero) is 1. The summed E-state index contributed by atoms with van der Waals surface area (Å²) in [5, 5.41) is 0. The SMILES string of the molecule is CCOC(=O)/C=C(C)\C=C\C1=C(C)C(=O)CCC1(C)C(=O)OCC. The number of ketones is 1. The number of esters is 2. The molecule has 0 aliphatic heterocycles. The smallest absolute Gasteiger partial charge is 0.330 e. The van der Waals surface area contributed by atoms with Gasteiger partial charge in [0.25, 0.3) is 0 Å². The highest BCUT2D eigenvalue weighted by Gasteiger charge is 2.42. The molecular formula is C19H26O5. The highest BCUT2D eigenvalue weighted by molar-refractivity contribution is 6.00. The number of carbonyl (C=O) groups is 3. The van der Waals surface area contributed by atoms with Gasteiger partial charge in [0.2, 0.25) is 0 Å². The molecule has 0 bridgehead atoms. The molecule has 0 spiro atoms. The first-order valence-corrected chi connectivity index (χ1v) is 8.21. The van der Waals surface area contributed by atoms with Crippen LogP contribution in [0.3, 0.4) is 0 Å². The Hall–Kier alpha value is -2.17. The highest BCUT2D eigenvalue weighted by Crippen LogP contribution is 2.41. The molecule has 0 aromatic heterocycles. The minimum Gasteiger partial charge on any atom is -0.465 e. The Morgan fingerprint density at radius 1 is 1.21 bits per heavy atom. The maximum Gasteiger partial charge on any atom is 0.330 e. The van der Waals surface area contributed by atoms with E-state index in [-0.39, 0.29) is 11.8 Å². The van der Waals surface area contributed by atoms with Crippen LogP contribution in [0.25, 0.3) is 0 Å². The Kier molecular flexibility index (Phi) is 7.14. The van der Waals surface area contributed by atoms with Crippen LogP contribution in [0.15, 0.2) is 34.9 Å². The fraction of sp³-hybridized carbons (Fsp3) is 0.526. The van der Waals surface area contributed by atoms with Crippen LogP contribution in [0.1, 0.15) is 47.5 Å². The molecule has 24 heavy (non-hydrogen) atoms. The Labute approximate surface area is 143 Å². The van der Waals surface area contributed by atoms with Gasteiger partial charge in [-0.2, -0.15) is 0 Å². The minimum absolute atomic E-state index is 0.0310. The molecule has 5 heteroatoms. The third kappa shape index (κ3) is 4.66. The van der Waals surface area contributed by atoms with E-state index >= 15 is 0 Å². The lowest BCUT2D eigenvalue weighted by atomic mass is 9.70. The Balaban J connectivity index is 3.16. The van der Waals surface area contributed by atoms with Crippen molar-refractivity contribution in [2.24, 2.45) is 5.41 Å². The molecule has 5 nitrogen and oxygen atoms in total. The molecule has 1 atom stereocenters. The maximum absolute atomic E-state index is 12.4. The van der Waals surface area contributed by atoms with Crippen LogP contribution in [0.4, 0.5) is 0 Å². The summed E-state index contributed by atoms with van der Waals surface area (Å²) < 4.78 is 10.1. The van der Waals surface area contributed by atoms with Gasteiger partial charge in [-0.05, 0) is 57.8 Å². The molecule has 0 heterocycles. The second kappa shape index (κ2) is 8.62. The molecule has 1 unspecified atom stereocenters. The van der Waals surface area contributed by atoms with Crippen molar-refractivity contribution in [2.75, 3.05) is 13.2 Å². The Morgan fingerprint density at radius 2 is 1.83 bits per heavy atom. The van der Waals surface area contributed by atoms with Crippen LogP contribution in [-0.4, -0.2) is 30.9 Å². The van der Waals surface area contributed by atoms with E-state index in [2.05, 4.69) is 0 Å². The van der Waals surface area contributed by atoms with Gasteiger partial charge in [0.15, 0.2) is 5.78 Å².